The Morgan fingerprint density at radius 3 is 0.904 bits per heavy atom. The SMILES string of the molecule is CCCCCCCCc1ccc(-p2c3cc(Br)ccc3c3ccc(Br)cc32)cc1.CCCCCCCCp1c2cc(Br)ccc2c2ccc(Br)cc21.CCCCCCp1c2cc(Br)ccc2c2ccc(Br)cc21. The van der Waals surface area contributed by atoms with Gasteiger partial charge >= 0.3 is 0 Å². The number of fused-ring (bicyclic) bond motifs is 9. The molecule has 0 radical (unpaired) electrons. The van der Waals surface area contributed by atoms with Crippen LogP contribution in [-0.2, 0) is 18.7 Å². The van der Waals surface area contributed by atoms with Crippen LogP contribution in [0.25, 0.3) is 68.3 Å². The number of rotatable bonds is 20. The Balaban J connectivity index is 0.000000148. The third kappa shape index (κ3) is 14.9. The van der Waals surface area contributed by atoms with Crippen molar-refractivity contribution in [1.82, 2.24) is 0 Å². The smallest absolute Gasteiger partial charge is 0.0185 e. The molecule has 0 unspecified atom stereocenters. The fraction of sp³-hybridized carbons (Fsp3) is 0.344. The molecule has 0 fully saturated rings. The van der Waals surface area contributed by atoms with Gasteiger partial charge in [-0.1, -0.05) is 268 Å². The van der Waals surface area contributed by atoms with Crippen LogP contribution in [0.15, 0.2) is 160 Å². The van der Waals surface area contributed by atoms with Gasteiger partial charge in [-0.25, -0.2) is 0 Å². The molecule has 0 nitrogen and oxygen atoms in total. The van der Waals surface area contributed by atoms with Gasteiger partial charge in [-0.15, -0.1) is 15.1 Å². The maximum Gasteiger partial charge on any atom is 0.0185 e. The predicted molar refractivity (Wildman–Crippen MR) is 355 cm³/mol. The second-order valence-electron chi connectivity index (χ2n) is 19.6. The molecule has 0 bridgehead atoms. The molecule has 0 amide bonds. The number of halogens is 6. The molecule has 10 rings (SSSR count). The summed E-state index contributed by atoms with van der Waals surface area (Å²) in [4.78, 5) is 0. The number of aryl methyl sites for hydroxylation is 3. The summed E-state index contributed by atoms with van der Waals surface area (Å²) in [5, 5.41) is 19.2. The fourth-order valence-electron chi connectivity index (χ4n) is 10.5. The van der Waals surface area contributed by atoms with E-state index in [1.807, 2.05) is 0 Å². The standard InChI is InChI=1S/C26H27Br2P.C20H23Br2P.C18H19Br2P/c1-2-3-4-5-6-7-8-19-9-13-22(14-10-19)29-25-17-20(27)11-15-23(25)24-16-12-21(28)18-26(24)29;1-2-3-4-5-6-7-12-23-19-13-15(21)8-10-17(19)18-11-9-16(22)14-20(18)23;1-2-3-4-5-10-21-17-11-13(19)6-8-15(17)16-9-7-14(20)12-18(16)21/h9-18H,2-8H2,1H3;8-11,13-14H,2-7,12H2,1H3;6-9,11-12H,2-5,10H2,1H3. The third-order valence-corrected chi connectivity index (χ3v) is 25.1. The Morgan fingerprint density at radius 2 is 0.562 bits per heavy atom. The van der Waals surface area contributed by atoms with Crippen molar-refractivity contribution in [2.24, 2.45) is 0 Å². The van der Waals surface area contributed by atoms with Crippen LogP contribution < -0.4 is 0 Å². The van der Waals surface area contributed by atoms with E-state index in [1.165, 1.54) is 193 Å². The largest absolute Gasteiger partial charge is 0.109 e. The third-order valence-electron chi connectivity index (χ3n) is 14.3. The van der Waals surface area contributed by atoms with E-state index >= 15 is 0 Å². The lowest BCUT2D eigenvalue weighted by atomic mass is 10.1. The van der Waals surface area contributed by atoms with Gasteiger partial charge in [0, 0.05) is 57.5 Å². The quantitative estimate of drug-likeness (QED) is 0.0667. The number of unbranched alkanes of at least 4 members (excludes halogenated alkanes) is 13. The molecule has 0 aliphatic rings. The summed E-state index contributed by atoms with van der Waals surface area (Å²) in [5.41, 5.74) is 1.47. The van der Waals surface area contributed by atoms with Gasteiger partial charge in [0.1, 0.15) is 0 Å². The number of hydrogen-bond acceptors (Lipinski definition) is 0. The molecule has 0 aliphatic carbocycles. The molecule has 3 aromatic heterocycles. The lowest BCUT2D eigenvalue weighted by Crippen LogP contribution is -1.86. The highest BCUT2D eigenvalue weighted by Gasteiger charge is 2.16. The van der Waals surface area contributed by atoms with E-state index in [4.69, 9.17) is 0 Å². The van der Waals surface area contributed by atoms with Gasteiger partial charge in [0.2, 0.25) is 0 Å². The fourth-order valence-corrected chi connectivity index (χ4v) is 22.1. The van der Waals surface area contributed by atoms with Crippen LogP contribution >= 0.6 is 118 Å². The highest BCUT2D eigenvalue weighted by molar-refractivity contribution is 9.11. The van der Waals surface area contributed by atoms with Gasteiger partial charge in [0.15, 0.2) is 0 Å². The van der Waals surface area contributed by atoms with Crippen molar-refractivity contribution in [2.45, 2.75) is 142 Å². The van der Waals surface area contributed by atoms with E-state index in [-0.39, 0.29) is 15.1 Å². The molecule has 0 aliphatic heterocycles. The molecular weight excluding hydrogens is 1340 g/mol. The summed E-state index contributed by atoms with van der Waals surface area (Å²) in [6.07, 6.45) is 25.6. The minimum atomic E-state index is -0.500. The van der Waals surface area contributed by atoms with Crippen molar-refractivity contribution >= 4 is 181 Å². The lowest BCUT2D eigenvalue weighted by molar-refractivity contribution is 0.607. The molecule has 0 spiro atoms. The van der Waals surface area contributed by atoms with Crippen LogP contribution in [0.2, 0.25) is 0 Å². The van der Waals surface area contributed by atoms with E-state index in [2.05, 4.69) is 250 Å². The van der Waals surface area contributed by atoms with Gasteiger partial charge < -0.3 is 0 Å². The molecule has 9 heteroatoms. The van der Waals surface area contributed by atoms with Crippen LogP contribution in [-0.4, -0.2) is 0 Å². The summed E-state index contributed by atoms with van der Waals surface area (Å²) in [6.45, 7) is 6.84. The zero-order chi connectivity index (χ0) is 51.3. The zero-order valence-corrected chi connectivity index (χ0v) is 54.9. The van der Waals surface area contributed by atoms with E-state index in [9.17, 15) is 0 Å². The molecule has 7 aromatic carbocycles. The van der Waals surface area contributed by atoms with E-state index in [0.29, 0.717) is 0 Å². The Bertz CT molecular complexity index is 3220. The maximum atomic E-state index is 3.69. The molecule has 73 heavy (non-hydrogen) atoms. The second-order valence-corrected chi connectivity index (χ2v) is 31.8. The topological polar surface area (TPSA) is 0 Å². The summed E-state index contributed by atoms with van der Waals surface area (Å²) in [5.74, 6) is 0. The molecule has 0 atom stereocenters. The zero-order valence-electron chi connectivity index (χ0n) is 42.7. The summed E-state index contributed by atoms with van der Waals surface area (Å²) >= 11 is 22.0. The Labute approximate surface area is 489 Å². The Kier molecular flexibility index (Phi) is 22.7. The molecule has 10 aromatic rings. The lowest BCUT2D eigenvalue weighted by Gasteiger charge is -2.07. The van der Waals surface area contributed by atoms with E-state index in [1.54, 1.807) is 20.5 Å². The normalized spacial score (nSPS) is 11.6. The molecule has 0 N–H and O–H groups in total. The molecule has 382 valence electrons. The van der Waals surface area contributed by atoms with Crippen molar-refractivity contribution in [1.29, 1.82) is 0 Å². The second kappa shape index (κ2) is 28.8. The van der Waals surface area contributed by atoms with E-state index in [0.717, 1.165) is 8.95 Å². The molecule has 0 saturated heterocycles. The first-order valence-electron chi connectivity index (χ1n) is 26.8. The van der Waals surface area contributed by atoms with Crippen LogP contribution in [0, 0.1) is 0 Å². The van der Waals surface area contributed by atoms with Crippen molar-refractivity contribution in [3.63, 3.8) is 0 Å². The van der Waals surface area contributed by atoms with Gasteiger partial charge in [0.25, 0.3) is 0 Å². The van der Waals surface area contributed by atoms with Crippen molar-refractivity contribution in [3.05, 3.63) is 166 Å². The Hall–Kier alpha value is -1.68. The minimum Gasteiger partial charge on any atom is -0.109 e. The highest BCUT2D eigenvalue weighted by atomic mass is 79.9. The summed E-state index contributed by atoms with van der Waals surface area (Å²) in [7, 11) is -0.879. The minimum absolute atomic E-state index is 0.186. The summed E-state index contributed by atoms with van der Waals surface area (Å²) < 4.78 is 7.14. The molecule has 3 heterocycles. The first-order valence-corrected chi connectivity index (χ1v) is 36.0. The molecular formula is C64H69Br6P3. The Morgan fingerprint density at radius 1 is 0.288 bits per heavy atom. The average Bonchev–Trinajstić information content (AvgIpc) is 3.98. The molecule has 0 saturated carbocycles. The van der Waals surface area contributed by atoms with Crippen molar-refractivity contribution in [3.8, 4) is 5.30 Å². The monoisotopic (exact) mass is 1400 g/mol. The van der Waals surface area contributed by atoms with Gasteiger partial charge in [0.05, 0.1) is 0 Å². The van der Waals surface area contributed by atoms with Crippen LogP contribution in [0.4, 0.5) is 0 Å². The summed E-state index contributed by atoms with van der Waals surface area (Å²) in [6, 6.07) is 50.2. The first kappa shape index (κ1) is 57.5. The maximum absolute atomic E-state index is 3.69. The average molecular weight is 1410 g/mol. The van der Waals surface area contributed by atoms with E-state index < -0.39 is 7.53 Å². The van der Waals surface area contributed by atoms with Gasteiger partial charge in [-0.05, 0) is 154 Å². The highest BCUT2D eigenvalue weighted by Crippen LogP contribution is 2.57. The number of benzene rings is 7. The van der Waals surface area contributed by atoms with Crippen LogP contribution in [0.5, 0.6) is 0 Å². The van der Waals surface area contributed by atoms with Crippen molar-refractivity contribution in [2.75, 3.05) is 0 Å². The van der Waals surface area contributed by atoms with Crippen molar-refractivity contribution < 1.29 is 0 Å². The predicted octanol–water partition coefficient (Wildman–Crippen LogP) is 27.3. The van der Waals surface area contributed by atoms with Gasteiger partial charge in [-0.3, -0.25) is 0 Å². The van der Waals surface area contributed by atoms with Crippen LogP contribution in [0.3, 0.4) is 0 Å². The van der Waals surface area contributed by atoms with Gasteiger partial charge in [-0.2, -0.15) is 0 Å². The first-order chi connectivity index (χ1) is 35.6. The van der Waals surface area contributed by atoms with Crippen LogP contribution in [0.1, 0.15) is 129 Å². The number of hydrogen-bond donors (Lipinski definition) is 0.